The van der Waals surface area contributed by atoms with Crippen LogP contribution in [0.15, 0.2) is 36.4 Å². The Balaban J connectivity index is 2.02. The number of carbonyl (C=O) groups is 2. The number of rotatable bonds is 9. The summed E-state index contributed by atoms with van der Waals surface area (Å²) in [6.45, 7) is 2.02. The lowest BCUT2D eigenvalue weighted by molar-refractivity contribution is -0.138. The summed E-state index contributed by atoms with van der Waals surface area (Å²) in [6.07, 6.45) is -2.28. The lowest BCUT2D eigenvalue weighted by atomic mass is 9.90. The van der Waals surface area contributed by atoms with Crippen LogP contribution in [0.1, 0.15) is 54.4 Å². The van der Waals surface area contributed by atoms with E-state index in [0.717, 1.165) is 36.1 Å². The van der Waals surface area contributed by atoms with Gasteiger partial charge in [0.1, 0.15) is 5.78 Å². The maximum absolute atomic E-state index is 13.3. The second-order valence-electron chi connectivity index (χ2n) is 7.76. The summed E-state index contributed by atoms with van der Waals surface area (Å²) in [5.74, 6) is -0.609. The van der Waals surface area contributed by atoms with Crippen LogP contribution in [0.5, 0.6) is 0 Å². The van der Waals surface area contributed by atoms with Gasteiger partial charge in [-0.05, 0) is 65.6 Å². The molecule has 0 aliphatic heterocycles. The number of nitrogens with one attached hydrogen (secondary N) is 1. The van der Waals surface area contributed by atoms with Crippen molar-refractivity contribution in [1.82, 2.24) is 5.32 Å². The largest absolute Gasteiger partial charge is 0.481 e. The van der Waals surface area contributed by atoms with E-state index in [4.69, 9.17) is 5.11 Å². The third kappa shape index (κ3) is 5.69. The monoisotopic (exact) mass is 419 g/mol. The van der Waals surface area contributed by atoms with Gasteiger partial charge in [0.2, 0.25) is 0 Å². The van der Waals surface area contributed by atoms with Crippen molar-refractivity contribution in [3.8, 4) is 11.1 Å². The molecular formula is C23H24F3NO3. The predicted octanol–water partition coefficient (Wildman–Crippen LogP) is 4.95. The Bertz CT molecular complexity index is 949. The molecule has 1 saturated carbocycles. The molecule has 30 heavy (non-hydrogen) atoms. The van der Waals surface area contributed by atoms with Crippen LogP contribution in [0.4, 0.5) is 13.2 Å². The third-order valence-electron chi connectivity index (χ3n) is 5.18. The molecule has 0 saturated heterocycles. The van der Waals surface area contributed by atoms with Crippen molar-refractivity contribution in [2.45, 2.75) is 51.2 Å². The fourth-order valence-corrected chi connectivity index (χ4v) is 3.54. The van der Waals surface area contributed by atoms with Crippen molar-refractivity contribution in [3.63, 3.8) is 0 Å². The lowest BCUT2D eigenvalue weighted by Crippen LogP contribution is -2.18. The number of carboxylic acid groups (broad SMARTS) is 1. The van der Waals surface area contributed by atoms with Crippen molar-refractivity contribution < 1.29 is 27.9 Å². The summed E-state index contributed by atoms with van der Waals surface area (Å²) in [4.78, 5) is 22.3. The highest BCUT2D eigenvalue weighted by Gasteiger charge is 2.32. The third-order valence-corrected chi connectivity index (χ3v) is 5.18. The minimum atomic E-state index is -4.46. The molecule has 0 radical (unpaired) electrons. The van der Waals surface area contributed by atoms with Gasteiger partial charge in [-0.3, -0.25) is 9.59 Å². The first-order valence-electron chi connectivity index (χ1n) is 9.90. The van der Waals surface area contributed by atoms with Crippen molar-refractivity contribution in [3.05, 3.63) is 58.7 Å². The van der Waals surface area contributed by atoms with Crippen LogP contribution in [0.3, 0.4) is 0 Å². The van der Waals surface area contributed by atoms with Crippen molar-refractivity contribution >= 4 is 11.8 Å². The lowest BCUT2D eigenvalue weighted by Gasteiger charge is -2.18. The Labute approximate surface area is 173 Å². The van der Waals surface area contributed by atoms with E-state index in [-0.39, 0.29) is 18.7 Å². The molecule has 0 aromatic heterocycles. The zero-order chi connectivity index (χ0) is 21.9. The number of carbonyl (C=O) groups excluding carboxylic acids is 1. The molecule has 1 aliphatic rings. The van der Waals surface area contributed by atoms with Gasteiger partial charge in [0.05, 0.1) is 12.0 Å². The van der Waals surface area contributed by atoms with Gasteiger partial charge in [0.15, 0.2) is 0 Å². The highest BCUT2D eigenvalue weighted by atomic mass is 19.4. The molecule has 0 atom stereocenters. The van der Waals surface area contributed by atoms with E-state index in [2.05, 4.69) is 5.32 Å². The summed E-state index contributed by atoms with van der Waals surface area (Å²) in [5, 5.41) is 12.2. The first kappa shape index (κ1) is 22.0. The normalized spacial score (nSPS) is 14.0. The standard InChI is InChI=1S/C23H24F3NO3/c1-14(28)8-9-27-13-17-12-18(23(24,25)26)5-7-20(17)21-10-15(11-22(29)30)2-6-19(21)16-3-4-16/h2,5-7,10,12,16,27H,3-4,8-9,11,13H2,1H3,(H,29,30). The summed E-state index contributed by atoms with van der Waals surface area (Å²) >= 11 is 0. The van der Waals surface area contributed by atoms with E-state index in [1.807, 2.05) is 6.07 Å². The second kappa shape index (κ2) is 9.00. The highest BCUT2D eigenvalue weighted by Crippen LogP contribution is 2.45. The van der Waals surface area contributed by atoms with E-state index >= 15 is 0 Å². The van der Waals surface area contributed by atoms with Crippen LogP contribution in [0.2, 0.25) is 0 Å². The molecule has 2 aromatic carbocycles. The number of carboxylic acids is 1. The summed E-state index contributed by atoms with van der Waals surface area (Å²) in [6, 6.07) is 9.13. The topological polar surface area (TPSA) is 66.4 Å². The number of alkyl halides is 3. The van der Waals surface area contributed by atoms with E-state index in [9.17, 15) is 22.8 Å². The van der Waals surface area contributed by atoms with Crippen molar-refractivity contribution in [2.24, 2.45) is 0 Å². The van der Waals surface area contributed by atoms with Crippen LogP contribution < -0.4 is 5.32 Å². The maximum atomic E-state index is 13.3. The fraction of sp³-hybridized carbons (Fsp3) is 0.391. The van der Waals surface area contributed by atoms with Crippen LogP contribution in [-0.2, 0) is 28.7 Å². The molecule has 7 heteroatoms. The molecule has 4 nitrogen and oxygen atoms in total. The van der Waals surface area contributed by atoms with Crippen LogP contribution in [0, 0.1) is 0 Å². The molecule has 0 unspecified atom stereocenters. The fourth-order valence-electron chi connectivity index (χ4n) is 3.54. The first-order chi connectivity index (χ1) is 14.1. The molecule has 2 N–H and O–H groups in total. The number of Topliss-reactive ketones (excluding diaryl/α,β-unsaturated/α-hetero) is 1. The number of benzene rings is 2. The molecule has 160 valence electrons. The maximum Gasteiger partial charge on any atom is 0.416 e. The molecule has 0 heterocycles. The number of aliphatic carboxylic acids is 1. The smallest absolute Gasteiger partial charge is 0.416 e. The zero-order valence-electron chi connectivity index (χ0n) is 16.7. The quantitative estimate of drug-likeness (QED) is 0.565. The molecule has 1 fully saturated rings. The number of halogens is 3. The summed E-state index contributed by atoms with van der Waals surface area (Å²) in [7, 11) is 0. The van der Waals surface area contributed by atoms with E-state index in [1.54, 1.807) is 12.1 Å². The highest BCUT2D eigenvalue weighted by molar-refractivity contribution is 5.76. The number of ketones is 1. The molecule has 3 rings (SSSR count). The SMILES string of the molecule is CC(=O)CCNCc1cc(C(F)(F)F)ccc1-c1cc(CC(=O)O)ccc1C1CC1. The number of hydrogen-bond acceptors (Lipinski definition) is 3. The molecule has 1 aliphatic carbocycles. The van der Waals surface area contributed by atoms with E-state index in [0.29, 0.717) is 35.6 Å². The Morgan fingerprint density at radius 2 is 1.83 bits per heavy atom. The van der Waals surface area contributed by atoms with Gasteiger partial charge in [-0.2, -0.15) is 13.2 Å². The van der Waals surface area contributed by atoms with Gasteiger partial charge in [-0.1, -0.05) is 24.3 Å². The zero-order valence-corrected chi connectivity index (χ0v) is 16.7. The van der Waals surface area contributed by atoms with Gasteiger partial charge < -0.3 is 10.4 Å². The summed E-state index contributed by atoms with van der Waals surface area (Å²) in [5.41, 5.74) is 2.83. The Kier molecular flexibility index (Phi) is 6.61. The van der Waals surface area contributed by atoms with Gasteiger partial charge in [0, 0.05) is 19.5 Å². The molecule has 0 amide bonds. The van der Waals surface area contributed by atoms with Crippen LogP contribution >= 0.6 is 0 Å². The Morgan fingerprint density at radius 3 is 2.43 bits per heavy atom. The minimum absolute atomic E-state index is 0.00385. The van der Waals surface area contributed by atoms with Gasteiger partial charge in [-0.15, -0.1) is 0 Å². The first-order valence-corrected chi connectivity index (χ1v) is 9.90. The Hall–Kier alpha value is -2.67. The van der Waals surface area contributed by atoms with E-state index < -0.39 is 17.7 Å². The second-order valence-corrected chi connectivity index (χ2v) is 7.76. The molecule has 0 spiro atoms. The van der Waals surface area contributed by atoms with Crippen molar-refractivity contribution in [1.29, 1.82) is 0 Å². The van der Waals surface area contributed by atoms with Crippen LogP contribution in [-0.4, -0.2) is 23.4 Å². The average Bonchev–Trinajstić information content (AvgIpc) is 3.49. The molecular weight excluding hydrogens is 395 g/mol. The van der Waals surface area contributed by atoms with E-state index in [1.165, 1.54) is 13.0 Å². The van der Waals surface area contributed by atoms with Crippen molar-refractivity contribution in [2.75, 3.05) is 6.54 Å². The van der Waals surface area contributed by atoms with Gasteiger partial charge in [-0.25, -0.2) is 0 Å². The predicted molar refractivity (Wildman–Crippen MR) is 107 cm³/mol. The average molecular weight is 419 g/mol. The molecule has 0 bridgehead atoms. The molecule has 2 aromatic rings. The van der Waals surface area contributed by atoms with Crippen LogP contribution in [0.25, 0.3) is 11.1 Å². The summed E-state index contributed by atoms with van der Waals surface area (Å²) < 4.78 is 39.9. The van der Waals surface area contributed by atoms with Gasteiger partial charge >= 0.3 is 12.1 Å². The minimum Gasteiger partial charge on any atom is -0.481 e. The number of hydrogen-bond donors (Lipinski definition) is 2. The Morgan fingerprint density at radius 1 is 1.10 bits per heavy atom. The van der Waals surface area contributed by atoms with Gasteiger partial charge in [0.25, 0.3) is 0 Å².